The van der Waals surface area contributed by atoms with E-state index in [0.717, 1.165) is 18.4 Å². The van der Waals surface area contributed by atoms with Crippen molar-refractivity contribution in [2.75, 3.05) is 7.05 Å². The van der Waals surface area contributed by atoms with E-state index in [-0.39, 0.29) is 11.4 Å². The molecule has 1 nitrogen and oxygen atoms in total. The molecule has 1 saturated carbocycles. The summed E-state index contributed by atoms with van der Waals surface area (Å²) in [6.07, 6.45) is 2.05. The Hall–Kier alpha value is -0.410. The summed E-state index contributed by atoms with van der Waals surface area (Å²) in [7, 11) is 1.88. The fraction of sp³-hybridized carbons (Fsp3) is 0.400. The van der Waals surface area contributed by atoms with Crippen molar-refractivity contribution in [1.82, 2.24) is 5.32 Å². The molecule has 1 aliphatic carbocycles. The first kappa shape index (κ1) is 9.16. The Bertz CT molecular complexity index is 334. The van der Waals surface area contributed by atoms with Crippen LogP contribution in [-0.2, 0) is 5.54 Å². The van der Waals surface area contributed by atoms with Gasteiger partial charge in [-0.05, 0) is 41.9 Å². The number of benzene rings is 1. The molecule has 2 rings (SSSR count). The highest BCUT2D eigenvalue weighted by atomic mass is 79.9. The third-order valence-electron chi connectivity index (χ3n) is 2.70. The highest BCUT2D eigenvalue weighted by molar-refractivity contribution is 9.10. The molecule has 0 aliphatic heterocycles. The standard InChI is InChI=1S/C10H11BrFN/c1-13-10(5-6-10)7-3-2-4-8(11)9(7)12/h2-4,13H,5-6H2,1H3. The van der Waals surface area contributed by atoms with Gasteiger partial charge >= 0.3 is 0 Å². The van der Waals surface area contributed by atoms with Crippen LogP contribution in [0, 0.1) is 5.82 Å². The molecule has 1 aliphatic rings. The average Bonchev–Trinajstić information content (AvgIpc) is 2.90. The first-order valence-corrected chi connectivity index (χ1v) is 5.12. The minimum absolute atomic E-state index is 0.0894. The largest absolute Gasteiger partial charge is 0.310 e. The molecule has 70 valence electrons. The van der Waals surface area contributed by atoms with Crippen molar-refractivity contribution in [3.63, 3.8) is 0 Å². The summed E-state index contributed by atoms with van der Waals surface area (Å²) in [4.78, 5) is 0. The van der Waals surface area contributed by atoms with E-state index >= 15 is 0 Å². The second-order valence-corrected chi connectivity index (χ2v) is 4.29. The Morgan fingerprint density at radius 2 is 2.15 bits per heavy atom. The molecule has 0 heterocycles. The Kier molecular flexibility index (Phi) is 2.16. The van der Waals surface area contributed by atoms with E-state index in [0.29, 0.717) is 4.47 Å². The number of hydrogen-bond donors (Lipinski definition) is 1. The van der Waals surface area contributed by atoms with Gasteiger partial charge in [0.25, 0.3) is 0 Å². The summed E-state index contributed by atoms with van der Waals surface area (Å²) < 4.78 is 14.2. The second kappa shape index (κ2) is 3.07. The van der Waals surface area contributed by atoms with Gasteiger partial charge in [0.15, 0.2) is 0 Å². The van der Waals surface area contributed by atoms with Crippen LogP contribution in [0.15, 0.2) is 22.7 Å². The van der Waals surface area contributed by atoms with Gasteiger partial charge in [-0.3, -0.25) is 0 Å². The monoisotopic (exact) mass is 243 g/mol. The molecule has 0 radical (unpaired) electrons. The average molecular weight is 244 g/mol. The van der Waals surface area contributed by atoms with Crippen LogP contribution >= 0.6 is 15.9 Å². The molecule has 1 fully saturated rings. The summed E-state index contributed by atoms with van der Waals surface area (Å²) in [5.41, 5.74) is 0.692. The summed E-state index contributed by atoms with van der Waals surface area (Å²) in [6, 6.07) is 5.45. The Labute approximate surface area is 85.5 Å². The second-order valence-electron chi connectivity index (χ2n) is 3.43. The van der Waals surface area contributed by atoms with Crippen molar-refractivity contribution in [2.24, 2.45) is 0 Å². The quantitative estimate of drug-likeness (QED) is 0.843. The molecule has 1 aromatic rings. The molecule has 0 bridgehead atoms. The van der Waals surface area contributed by atoms with Gasteiger partial charge in [0, 0.05) is 11.1 Å². The fourth-order valence-electron chi connectivity index (χ4n) is 1.65. The van der Waals surface area contributed by atoms with E-state index in [2.05, 4.69) is 21.2 Å². The van der Waals surface area contributed by atoms with E-state index in [1.807, 2.05) is 19.2 Å². The van der Waals surface area contributed by atoms with Crippen LogP contribution in [0.5, 0.6) is 0 Å². The lowest BCUT2D eigenvalue weighted by molar-refractivity contribution is 0.522. The highest BCUT2D eigenvalue weighted by Crippen LogP contribution is 2.46. The fourth-order valence-corrected chi connectivity index (χ4v) is 2.02. The smallest absolute Gasteiger partial charge is 0.142 e. The van der Waals surface area contributed by atoms with E-state index in [1.165, 1.54) is 0 Å². The summed E-state index contributed by atoms with van der Waals surface area (Å²) in [5, 5.41) is 3.18. The molecule has 3 heteroatoms. The van der Waals surface area contributed by atoms with E-state index in [9.17, 15) is 4.39 Å². The number of hydrogen-bond acceptors (Lipinski definition) is 1. The lowest BCUT2D eigenvalue weighted by Gasteiger charge is -2.15. The van der Waals surface area contributed by atoms with Crippen molar-refractivity contribution < 1.29 is 4.39 Å². The van der Waals surface area contributed by atoms with Gasteiger partial charge < -0.3 is 5.32 Å². The van der Waals surface area contributed by atoms with E-state index in [4.69, 9.17) is 0 Å². The molecule has 0 spiro atoms. The summed E-state index contributed by atoms with van der Waals surface area (Å²) >= 11 is 3.19. The SMILES string of the molecule is CNC1(c2cccc(Br)c2F)CC1. The topological polar surface area (TPSA) is 12.0 Å². The molecule has 13 heavy (non-hydrogen) atoms. The van der Waals surface area contributed by atoms with Gasteiger partial charge in [-0.15, -0.1) is 0 Å². The Balaban J connectivity index is 2.46. The zero-order chi connectivity index (χ0) is 9.47. The molecule has 0 unspecified atom stereocenters. The van der Waals surface area contributed by atoms with Gasteiger partial charge in [-0.1, -0.05) is 12.1 Å². The van der Waals surface area contributed by atoms with Gasteiger partial charge in [-0.2, -0.15) is 0 Å². The lowest BCUT2D eigenvalue weighted by atomic mass is 10.0. The van der Waals surface area contributed by atoms with Crippen LogP contribution in [-0.4, -0.2) is 7.05 Å². The van der Waals surface area contributed by atoms with E-state index in [1.54, 1.807) is 6.07 Å². The predicted molar refractivity (Wildman–Crippen MR) is 54.1 cm³/mol. The third kappa shape index (κ3) is 1.40. The molecule has 0 atom stereocenters. The Morgan fingerprint density at radius 3 is 2.69 bits per heavy atom. The summed E-state index contributed by atoms with van der Waals surface area (Å²) in [5.74, 6) is -0.130. The molecular weight excluding hydrogens is 233 g/mol. The van der Waals surface area contributed by atoms with Crippen molar-refractivity contribution in [1.29, 1.82) is 0 Å². The zero-order valence-electron chi connectivity index (χ0n) is 7.40. The zero-order valence-corrected chi connectivity index (χ0v) is 8.99. The normalized spacial score (nSPS) is 18.7. The van der Waals surface area contributed by atoms with Crippen LogP contribution in [0.3, 0.4) is 0 Å². The lowest BCUT2D eigenvalue weighted by Crippen LogP contribution is -2.25. The molecule has 1 N–H and O–H groups in total. The number of nitrogens with one attached hydrogen (secondary N) is 1. The predicted octanol–water partition coefficient (Wildman–Crippen LogP) is 2.80. The molecule has 0 saturated heterocycles. The van der Waals surface area contributed by atoms with E-state index < -0.39 is 0 Å². The minimum Gasteiger partial charge on any atom is -0.310 e. The maximum Gasteiger partial charge on any atom is 0.142 e. The van der Waals surface area contributed by atoms with Crippen molar-refractivity contribution >= 4 is 15.9 Å². The number of rotatable bonds is 2. The van der Waals surface area contributed by atoms with Crippen LogP contribution in [0.2, 0.25) is 0 Å². The molecule has 1 aromatic carbocycles. The highest BCUT2D eigenvalue weighted by Gasteiger charge is 2.44. The van der Waals surface area contributed by atoms with Crippen LogP contribution in [0.25, 0.3) is 0 Å². The molecule has 0 amide bonds. The van der Waals surface area contributed by atoms with Gasteiger partial charge in [-0.25, -0.2) is 4.39 Å². The van der Waals surface area contributed by atoms with Crippen LogP contribution in [0.1, 0.15) is 18.4 Å². The number of halogens is 2. The first-order valence-electron chi connectivity index (χ1n) is 4.33. The molecular formula is C10H11BrFN. The van der Waals surface area contributed by atoms with Gasteiger partial charge in [0.05, 0.1) is 4.47 Å². The minimum atomic E-state index is -0.130. The van der Waals surface area contributed by atoms with Gasteiger partial charge in [0.2, 0.25) is 0 Å². The van der Waals surface area contributed by atoms with Crippen molar-refractivity contribution in [2.45, 2.75) is 18.4 Å². The third-order valence-corrected chi connectivity index (χ3v) is 3.31. The van der Waals surface area contributed by atoms with Crippen LogP contribution < -0.4 is 5.32 Å². The maximum atomic E-state index is 13.6. The van der Waals surface area contributed by atoms with Crippen molar-refractivity contribution in [3.8, 4) is 0 Å². The van der Waals surface area contributed by atoms with Gasteiger partial charge in [0.1, 0.15) is 5.82 Å². The first-order chi connectivity index (χ1) is 6.19. The maximum absolute atomic E-state index is 13.6. The molecule has 0 aromatic heterocycles. The van der Waals surface area contributed by atoms with Crippen LogP contribution in [0.4, 0.5) is 4.39 Å². The van der Waals surface area contributed by atoms with Crippen molar-refractivity contribution in [3.05, 3.63) is 34.1 Å². The summed E-state index contributed by atoms with van der Waals surface area (Å²) in [6.45, 7) is 0. The Morgan fingerprint density at radius 1 is 1.46 bits per heavy atom.